The molecule has 7 heteroatoms. The van der Waals surface area contributed by atoms with E-state index in [0.29, 0.717) is 11.3 Å². The first-order valence-corrected chi connectivity index (χ1v) is 8.33. The lowest BCUT2D eigenvalue weighted by Crippen LogP contribution is -2.33. The van der Waals surface area contributed by atoms with Crippen LogP contribution in [0, 0.1) is 0 Å². The molecule has 0 unspecified atom stereocenters. The van der Waals surface area contributed by atoms with Crippen molar-refractivity contribution in [3.63, 3.8) is 0 Å². The molecular weight excluding hydrogens is 357 g/mol. The molecule has 0 aliphatic heterocycles. The van der Waals surface area contributed by atoms with Gasteiger partial charge in [-0.1, -0.05) is 32.9 Å². The van der Waals surface area contributed by atoms with Crippen LogP contribution in [-0.4, -0.2) is 24.5 Å². The van der Waals surface area contributed by atoms with Crippen molar-refractivity contribution in [2.75, 3.05) is 11.9 Å². The SMILES string of the molecule is CC(C)(C)c1ccc(C(=O)Nc2ccc(C(=O)NCC(F)(F)F)cc2)cc1. The lowest BCUT2D eigenvalue weighted by atomic mass is 9.87. The first kappa shape index (κ1) is 20.5. The van der Waals surface area contributed by atoms with E-state index in [0.717, 1.165) is 5.56 Å². The average molecular weight is 378 g/mol. The molecule has 0 radical (unpaired) electrons. The highest BCUT2D eigenvalue weighted by atomic mass is 19.4. The van der Waals surface area contributed by atoms with Gasteiger partial charge in [0.1, 0.15) is 6.54 Å². The quantitative estimate of drug-likeness (QED) is 0.821. The summed E-state index contributed by atoms with van der Waals surface area (Å²) in [5.74, 6) is -1.15. The zero-order valence-corrected chi connectivity index (χ0v) is 15.3. The summed E-state index contributed by atoms with van der Waals surface area (Å²) in [5, 5.41) is 4.48. The summed E-state index contributed by atoms with van der Waals surface area (Å²) >= 11 is 0. The van der Waals surface area contributed by atoms with Gasteiger partial charge in [-0.25, -0.2) is 0 Å². The normalized spacial score (nSPS) is 11.8. The number of carbonyl (C=O) groups excluding carboxylic acids is 2. The van der Waals surface area contributed by atoms with Crippen LogP contribution in [0.15, 0.2) is 48.5 Å². The van der Waals surface area contributed by atoms with Gasteiger partial charge in [0.2, 0.25) is 0 Å². The van der Waals surface area contributed by atoms with Crippen molar-refractivity contribution < 1.29 is 22.8 Å². The fourth-order valence-electron chi connectivity index (χ4n) is 2.31. The summed E-state index contributed by atoms with van der Waals surface area (Å²) in [5.41, 5.74) is 2.08. The van der Waals surface area contributed by atoms with E-state index >= 15 is 0 Å². The molecule has 0 spiro atoms. The Balaban J connectivity index is 1.99. The number of anilines is 1. The van der Waals surface area contributed by atoms with Crippen molar-refractivity contribution in [3.05, 3.63) is 65.2 Å². The van der Waals surface area contributed by atoms with Crippen LogP contribution in [0.2, 0.25) is 0 Å². The third kappa shape index (κ3) is 6.13. The number of alkyl halides is 3. The second-order valence-corrected chi connectivity index (χ2v) is 7.16. The number of amides is 2. The van der Waals surface area contributed by atoms with Gasteiger partial charge in [0.05, 0.1) is 0 Å². The van der Waals surface area contributed by atoms with Crippen LogP contribution in [0.25, 0.3) is 0 Å². The smallest absolute Gasteiger partial charge is 0.343 e. The zero-order chi connectivity index (χ0) is 20.2. The third-order valence-corrected chi connectivity index (χ3v) is 3.87. The summed E-state index contributed by atoms with van der Waals surface area (Å²) < 4.78 is 36.4. The Morgan fingerprint density at radius 3 is 1.78 bits per heavy atom. The van der Waals surface area contributed by atoms with E-state index in [1.165, 1.54) is 24.3 Å². The number of nitrogens with one attached hydrogen (secondary N) is 2. The van der Waals surface area contributed by atoms with Gasteiger partial charge in [0.15, 0.2) is 0 Å². The van der Waals surface area contributed by atoms with Crippen LogP contribution in [-0.2, 0) is 5.41 Å². The lowest BCUT2D eigenvalue weighted by molar-refractivity contribution is -0.123. The molecule has 0 fully saturated rings. The number of hydrogen-bond donors (Lipinski definition) is 2. The van der Waals surface area contributed by atoms with E-state index in [9.17, 15) is 22.8 Å². The molecular formula is C20H21F3N2O2. The molecule has 2 rings (SSSR count). The van der Waals surface area contributed by atoms with E-state index < -0.39 is 18.6 Å². The van der Waals surface area contributed by atoms with Crippen LogP contribution in [0.5, 0.6) is 0 Å². The van der Waals surface area contributed by atoms with Crippen molar-refractivity contribution in [2.24, 2.45) is 0 Å². The number of carbonyl (C=O) groups is 2. The van der Waals surface area contributed by atoms with Gasteiger partial charge in [0, 0.05) is 16.8 Å². The Morgan fingerprint density at radius 1 is 0.815 bits per heavy atom. The molecule has 0 saturated heterocycles. The van der Waals surface area contributed by atoms with Crippen molar-refractivity contribution in [2.45, 2.75) is 32.4 Å². The molecule has 0 aliphatic carbocycles. The maximum absolute atomic E-state index is 12.3. The fraction of sp³-hybridized carbons (Fsp3) is 0.300. The Bertz CT molecular complexity index is 805. The molecule has 2 aromatic rings. The molecule has 0 heterocycles. The molecule has 0 saturated carbocycles. The largest absolute Gasteiger partial charge is 0.405 e. The second kappa shape index (κ2) is 7.82. The Hall–Kier alpha value is -2.83. The van der Waals surface area contributed by atoms with Crippen LogP contribution in [0.1, 0.15) is 47.1 Å². The average Bonchev–Trinajstić information content (AvgIpc) is 2.59. The van der Waals surface area contributed by atoms with Crippen LogP contribution in [0.3, 0.4) is 0 Å². The van der Waals surface area contributed by atoms with Crippen LogP contribution >= 0.6 is 0 Å². The molecule has 0 aromatic heterocycles. The molecule has 144 valence electrons. The minimum Gasteiger partial charge on any atom is -0.343 e. The van der Waals surface area contributed by atoms with Gasteiger partial charge < -0.3 is 10.6 Å². The monoisotopic (exact) mass is 378 g/mol. The maximum atomic E-state index is 12.3. The van der Waals surface area contributed by atoms with Gasteiger partial charge >= 0.3 is 6.18 Å². The molecule has 27 heavy (non-hydrogen) atoms. The molecule has 0 bridgehead atoms. The molecule has 2 amide bonds. The number of rotatable bonds is 4. The maximum Gasteiger partial charge on any atom is 0.405 e. The molecule has 2 N–H and O–H groups in total. The number of benzene rings is 2. The Kier molecular flexibility index (Phi) is 5.93. The summed E-state index contributed by atoms with van der Waals surface area (Å²) in [6, 6.07) is 12.9. The van der Waals surface area contributed by atoms with Crippen molar-refractivity contribution in [1.82, 2.24) is 5.32 Å². The highest BCUT2D eigenvalue weighted by molar-refractivity contribution is 6.04. The van der Waals surface area contributed by atoms with E-state index in [1.54, 1.807) is 17.4 Å². The Morgan fingerprint density at radius 2 is 1.30 bits per heavy atom. The fourth-order valence-corrected chi connectivity index (χ4v) is 2.31. The second-order valence-electron chi connectivity index (χ2n) is 7.16. The van der Waals surface area contributed by atoms with Crippen molar-refractivity contribution in [1.29, 1.82) is 0 Å². The van der Waals surface area contributed by atoms with Gasteiger partial charge in [0.25, 0.3) is 11.8 Å². The summed E-state index contributed by atoms with van der Waals surface area (Å²) in [7, 11) is 0. The van der Waals surface area contributed by atoms with Gasteiger partial charge in [-0.15, -0.1) is 0 Å². The van der Waals surface area contributed by atoms with Gasteiger partial charge in [-0.05, 0) is 47.4 Å². The van der Waals surface area contributed by atoms with Gasteiger partial charge in [-0.3, -0.25) is 9.59 Å². The lowest BCUT2D eigenvalue weighted by Gasteiger charge is -2.19. The van der Waals surface area contributed by atoms with Gasteiger partial charge in [-0.2, -0.15) is 13.2 Å². The zero-order valence-electron chi connectivity index (χ0n) is 15.3. The molecule has 2 aromatic carbocycles. The predicted octanol–water partition coefficient (Wildman–Crippen LogP) is 4.53. The van der Waals surface area contributed by atoms with E-state index in [-0.39, 0.29) is 16.9 Å². The molecule has 0 atom stereocenters. The molecule has 0 aliphatic rings. The highest BCUT2D eigenvalue weighted by Gasteiger charge is 2.27. The van der Waals surface area contributed by atoms with E-state index in [2.05, 4.69) is 26.1 Å². The van der Waals surface area contributed by atoms with E-state index in [4.69, 9.17) is 0 Å². The van der Waals surface area contributed by atoms with E-state index in [1.807, 2.05) is 12.1 Å². The first-order valence-electron chi connectivity index (χ1n) is 8.33. The Labute approximate surface area is 155 Å². The summed E-state index contributed by atoms with van der Waals surface area (Å²) in [6.07, 6.45) is -4.47. The third-order valence-electron chi connectivity index (χ3n) is 3.87. The number of halogens is 3. The van der Waals surface area contributed by atoms with Crippen molar-refractivity contribution in [3.8, 4) is 0 Å². The standard InChI is InChI=1S/C20H21F3N2O2/c1-19(2,3)15-8-4-14(5-9-15)18(27)25-16-10-6-13(7-11-16)17(26)24-12-20(21,22)23/h4-11H,12H2,1-3H3,(H,24,26)(H,25,27). The minimum atomic E-state index is -4.47. The van der Waals surface area contributed by atoms with Crippen LogP contribution < -0.4 is 10.6 Å². The summed E-state index contributed by atoms with van der Waals surface area (Å²) in [6.45, 7) is 4.84. The summed E-state index contributed by atoms with van der Waals surface area (Å²) in [4.78, 5) is 24.0. The number of hydrogen-bond acceptors (Lipinski definition) is 2. The van der Waals surface area contributed by atoms with Crippen molar-refractivity contribution >= 4 is 17.5 Å². The molecule has 4 nitrogen and oxygen atoms in total. The first-order chi connectivity index (χ1) is 12.5. The predicted molar refractivity (Wildman–Crippen MR) is 97.9 cm³/mol. The minimum absolute atomic E-state index is 0.0163. The van der Waals surface area contributed by atoms with Crippen LogP contribution in [0.4, 0.5) is 18.9 Å². The highest BCUT2D eigenvalue weighted by Crippen LogP contribution is 2.22. The topological polar surface area (TPSA) is 58.2 Å².